The number of hydrogen-bond acceptors (Lipinski definition) is 4. The molecule has 0 bridgehead atoms. The summed E-state index contributed by atoms with van der Waals surface area (Å²) in [5.41, 5.74) is 0.627. The minimum absolute atomic E-state index is 0.000516. The monoisotopic (exact) mass is 422 g/mol. The summed E-state index contributed by atoms with van der Waals surface area (Å²) in [4.78, 5) is 12.6. The summed E-state index contributed by atoms with van der Waals surface area (Å²) < 4.78 is 32.3. The van der Waals surface area contributed by atoms with Gasteiger partial charge in [0.25, 0.3) is 15.9 Å². The molecule has 1 atom stereocenters. The molecule has 0 heterocycles. The van der Waals surface area contributed by atoms with Crippen LogP contribution in [-0.4, -0.2) is 34.5 Å². The van der Waals surface area contributed by atoms with Gasteiger partial charge in [-0.2, -0.15) is 0 Å². The van der Waals surface area contributed by atoms with Crippen molar-refractivity contribution in [1.82, 2.24) is 5.32 Å². The zero-order valence-electron chi connectivity index (χ0n) is 16.0. The fourth-order valence-electron chi connectivity index (χ4n) is 2.93. The summed E-state index contributed by atoms with van der Waals surface area (Å²) in [5.74, 6) is 0.745. The Morgan fingerprint density at radius 3 is 2.43 bits per heavy atom. The van der Waals surface area contributed by atoms with Crippen LogP contribution in [0.15, 0.2) is 47.4 Å². The van der Waals surface area contributed by atoms with Crippen LogP contribution in [-0.2, 0) is 10.0 Å². The van der Waals surface area contributed by atoms with Crippen LogP contribution in [0.25, 0.3) is 0 Å². The van der Waals surface area contributed by atoms with E-state index in [0.29, 0.717) is 17.4 Å². The van der Waals surface area contributed by atoms with Crippen molar-refractivity contribution < 1.29 is 17.9 Å². The Balaban J connectivity index is 1.87. The second-order valence-electron chi connectivity index (χ2n) is 6.91. The maximum Gasteiger partial charge on any atom is 0.264 e. The van der Waals surface area contributed by atoms with Gasteiger partial charge >= 0.3 is 0 Å². The van der Waals surface area contributed by atoms with Gasteiger partial charge in [-0.05, 0) is 68.1 Å². The second kappa shape index (κ2) is 8.01. The highest BCUT2D eigenvalue weighted by molar-refractivity contribution is 7.92. The Morgan fingerprint density at radius 1 is 1.21 bits per heavy atom. The third kappa shape index (κ3) is 4.25. The Kier molecular flexibility index (Phi) is 5.86. The molecule has 2 aromatic rings. The van der Waals surface area contributed by atoms with Crippen molar-refractivity contribution in [3.8, 4) is 5.75 Å². The number of rotatable bonds is 7. The summed E-state index contributed by atoms with van der Waals surface area (Å²) in [6, 6.07) is 10.9. The molecule has 1 fully saturated rings. The number of sulfonamides is 1. The predicted octanol–water partition coefficient (Wildman–Crippen LogP) is 3.70. The van der Waals surface area contributed by atoms with E-state index in [9.17, 15) is 13.2 Å². The number of amides is 1. The normalized spacial score (nSPS) is 15.0. The van der Waals surface area contributed by atoms with Gasteiger partial charge in [0.2, 0.25) is 0 Å². The summed E-state index contributed by atoms with van der Waals surface area (Å²) in [6.45, 7) is 1.95. The van der Waals surface area contributed by atoms with E-state index < -0.39 is 10.0 Å². The van der Waals surface area contributed by atoms with E-state index in [1.165, 1.54) is 25.2 Å². The Bertz CT molecular complexity index is 972. The van der Waals surface area contributed by atoms with Gasteiger partial charge < -0.3 is 10.1 Å². The van der Waals surface area contributed by atoms with Crippen molar-refractivity contribution in [3.63, 3.8) is 0 Å². The van der Waals surface area contributed by atoms with Gasteiger partial charge in [0.1, 0.15) is 5.75 Å². The molecule has 3 rings (SSSR count). The van der Waals surface area contributed by atoms with Crippen LogP contribution in [0, 0.1) is 5.92 Å². The van der Waals surface area contributed by atoms with Crippen LogP contribution < -0.4 is 14.4 Å². The maximum atomic E-state index is 13.0. The largest absolute Gasteiger partial charge is 0.497 e. The van der Waals surface area contributed by atoms with Crippen molar-refractivity contribution in [1.29, 1.82) is 0 Å². The minimum Gasteiger partial charge on any atom is -0.497 e. The van der Waals surface area contributed by atoms with E-state index in [2.05, 4.69) is 5.32 Å². The van der Waals surface area contributed by atoms with Crippen molar-refractivity contribution in [2.45, 2.75) is 30.7 Å². The number of carbonyl (C=O) groups excluding carboxylic acids is 1. The van der Waals surface area contributed by atoms with Crippen molar-refractivity contribution in [3.05, 3.63) is 53.1 Å². The van der Waals surface area contributed by atoms with Gasteiger partial charge in [-0.15, -0.1) is 0 Å². The van der Waals surface area contributed by atoms with E-state index >= 15 is 0 Å². The second-order valence-corrected chi connectivity index (χ2v) is 9.29. The molecule has 28 heavy (non-hydrogen) atoms. The zero-order valence-corrected chi connectivity index (χ0v) is 17.5. The molecule has 0 aromatic heterocycles. The molecule has 0 saturated heterocycles. The number of ether oxygens (including phenoxy) is 1. The molecule has 6 nitrogen and oxygen atoms in total. The smallest absolute Gasteiger partial charge is 0.264 e. The molecular formula is C20H23ClN2O4S. The van der Waals surface area contributed by atoms with Crippen molar-refractivity contribution in [2.75, 3.05) is 18.5 Å². The van der Waals surface area contributed by atoms with Crippen LogP contribution >= 0.6 is 11.6 Å². The highest BCUT2D eigenvalue weighted by Crippen LogP contribution is 2.33. The van der Waals surface area contributed by atoms with E-state index in [1.807, 2.05) is 6.92 Å². The van der Waals surface area contributed by atoms with Gasteiger partial charge in [0.05, 0.1) is 28.3 Å². The molecular weight excluding hydrogens is 400 g/mol. The zero-order chi connectivity index (χ0) is 20.5. The fraction of sp³-hybridized carbons (Fsp3) is 0.350. The lowest BCUT2D eigenvalue weighted by molar-refractivity contribution is 0.0936. The first kappa shape index (κ1) is 20.5. The number of nitrogens with zero attached hydrogens (tertiary/aromatic N) is 1. The number of hydrogen-bond donors (Lipinski definition) is 1. The SMILES string of the molecule is COc1ccc(N(C)S(=O)(=O)c2ccc(Cl)c(C(=O)NC(C)C3CC3)c2)cc1. The number of carbonyl (C=O) groups is 1. The average Bonchev–Trinajstić information content (AvgIpc) is 3.53. The van der Waals surface area contributed by atoms with E-state index in [-0.39, 0.29) is 27.4 Å². The van der Waals surface area contributed by atoms with Crippen LogP contribution in [0.4, 0.5) is 5.69 Å². The Labute approximate surface area is 170 Å². The van der Waals surface area contributed by atoms with Crippen LogP contribution in [0.2, 0.25) is 5.02 Å². The lowest BCUT2D eigenvalue weighted by atomic mass is 10.1. The van der Waals surface area contributed by atoms with Crippen LogP contribution in [0.3, 0.4) is 0 Å². The lowest BCUT2D eigenvalue weighted by Gasteiger charge is -2.20. The molecule has 2 aromatic carbocycles. The molecule has 1 amide bonds. The standard InChI is InChI=1S/C20H23ClN2O4S/c1-13(14-4-5-14)22-20(24)18-12-17(10-11-19(18)21)28(25,26)23(2)15-6-8-16(27-3)9-7-15/h6-14H,4-5H2,1-3H3,(H,22,24). The van der Waals surface area contributed by atoms with Gasteiger partial charge in [-0.1, -0.05) is 11.6 Å². The minimum atomic E-state index is -3.86. The summed E-state index contributed by atoms with van der Waals surface area (Å²) in [6.07, 6.45) is 2.19. The van der Waals surface area contributed by atoms with Gasteiger partial charge in [0.15, 0.2) is 0 Å². The molecule has 150 valence electrons. The van der Waals surface area contributed by atoms with Crippen molar-refractivity contribution >= 4 is 33.2 Å². The fourth-order valence-corrected chi connectivity index (χ4v) is 4.35. The molecule has 1 aliphatic rings. The van der Waals surface area contributed by atoms with E-state index in [1.54, 1.807) is 31.4 Å². The molecule has 1 aliphatic carbocycles. The summed E-state index contributed by atoms with van der Waals surface area (Å²) in [5, 5.41) is 3.12. The number of benzene rings is 2. The maximum absolute atomic E-state index is 13.0. The van der Waals surface area contributed by atoms with Gasteiger partial charge in [0, 0.05) is 13.1 Å². The summed E-state index contributed by atoms with van der Waals surface area (Å²) in [7, 11) is -0.862. The third-order valence-electron chi connectivity index (χ3n) is 4.96. The molecule has 0 aliphatic heterocycles. The lowest BCUT2D eigenvalue weighted by Crippen LogP contribution is -2.34. The van der Waals surface area contributed by atoms with E-state index in [4.69, 9.17) is 16.3 Å². The van der Waals surface area contributed by atoms with Crippen LogP contribution in [0.1, 0.15) is 30.1 Å². The third-order valence-corrected chi connectivity index (χ3v) is 7.08. The first-order valence-corrected chi connectivity index (χ1v) is 10.8. The molecule has 0 radical (unpaired) electrons. The Hall–Kier alpha value is -2.25. The molecule has 1 N–H and O–H groups in total. The highest BCUT2D eigenvalue weighted by Gasteiger charge is 2.30. The molecule has 1 saturated carbocycles. The first-order valence-electron chi connectivity index (χ1n) is 8.97. The number of halogens is 1. The number of methoxy groups -OCH3 is 1. The summed E-state index contributed by atoms with van der Waals surface area (Å²) >= 11 is 6.17. The predicted molar refractivity (Wildman–Crippen MR) is 110 cm³/mol. The highest BCUT2D eigenvalue weighted by atomic mass is 35.5. The van der Waals surface area contributed by atoms with Crippen molar-refractivity contribution in [2.24, 2.45) is 5.92 Å². The topological polar surface area (TPSA) is 75.7 Å². The number of anilines is 1. The molecule has 8 heteroatoms. The van der Waals surface area contributed by atoms with Crippen LogP contribution in [0.5, 0.6) is 5.75 Å². The first-order chi connectivity index (χ1) is 13.2. The quantitative estimate of drug-likeness (QED) is 0.738. The Morgan fingerprint density at radius 2 is 1.86 bits per heavy atom. The van der Waals surface area contributed by atoms with Gasteiger partial charge in [-0.3, -0.25) is 9.10 Å². The van der Waals surface area contributed by atoms with Gasteiger partial charge in [-0.25, -0.2) is 8.42 Å². The number of nitrogens with one attached hydrogen (secondary N) is 1. The average molecular weight is 423 g/mol. The molecule has 0 spiro atoms. The van der Waals surface area contributed by atoms with E-state index in [0.717, 1.165) is 17.1 Å². The molecule has 1 unspecified atom stereocenters.